The number of amides is 1. The number of nitrogens with zero attached hydrogens (tertiary/aromatic N) is 1. The van der Waals surface area contributed by atoms with Crippen molar-refractivity contribution in [3.8, 4) is 0 Å². The molecule has 4 heteroatoms. The Hall–Kier alpha value is -1.42. The van der Waals surface area contributed by atoms with E-state index in [1.165, 1.54) is 12.1 Å². The van der Waals surface area contributed by atoms with Gasteiger partial charge < -0.3 is 10.6 Å². The topological polar surface area (TPSA) is 46.3 Å². The van der Waals surface area contributed by atoms with Crippen LogP contribution in [0.15, 0.2) is 18.2 Å². The van der Waals surface area contributed by atoms with Crippen molar-refractivity contribution in [3.05, 3.63) is 35.1 Å². The van der Waals surface area contributed by atoms with Gasteiger partial charge in [0.1, 0.15) is 5.82 Å². The Kier molecular flexibility index (Phi) is 5.78. The van der Waals surface area contributed by atoms with Gasteiger partial charge in [-0.1, -0.05) is 6.92 Å². The molecule has 1 amide bonds. The van der Waals surface area contributed by atoms with E-state index in [4.69, 9.17) is 5.73 Å². The van der Waals surface area contributed by atoms with Crippen LogP contribution in [0.1, 0.15) is 35.7 Å². The van der Waals surface area contributed by atoms with Crippen molar-refractivity contribution < 1.29 is 9.18 Å². The lowest BCUT2D eigenvalue weighted by Gasteiger charge is -2.22. The van der Waals surface area contributed by atoms with E-state index < -0.39 is 0 Å². The van der Waals surface area contributed by atoms with Crippen LogP contribution in [-0.2, 0) is 0 Å². The van der Waals surface area contributed by atoms with Crippen LogP contribution >= 0.6 is 0 Å². The minimum atomic E-state index is -0.282. The standard InChI is InChI=1S/C14H21FN2O/c1-3-8-17(9-4-7-16)14(18)12-5-6-13(15)11(2)10-12/h5-6,10H,3-4,7-9,16H2,1-2H3. The average Bonchev–Trinajstić information content (AvgIpc) is 2.37. The first-order valence-corrected chi connectivity index (χ1v) is 6.35. The third kappa shape index (κ3) is 3.81. The van der Waals surface area contributed by atoms with Crippen LogP contribution in [0.4, 0.5) is 4.39 Å². The second-order valence-electron chi connectivity index (χ2n) is 4.40. The highest BCUT2D eigenvalue weighted by atomic mass is 19.1. The summed E-state index contributed by atoms with van der Waals surface area (Å²) in [5.74, 6) is -0.330. The Balaban J connectivity index is 2.83. The van der Waals surface area contributed by atoms with E-state index in [0.717, 1.165) is 12.8 Å². The molecule has 0 aliphatic carbocycles. The van der Waals surface area contributed by atoms with Crippen molar-refractivity contribution in [2.75, 3.05) is 19.6 Å². The lowest BCUT2D eigenvalue weighted by molar-refractivity contribution is 0.0754. The van der Waals surface area contributed by atoms with Gasteiger partial charge in [-0.2, -0.15) is 0 Å². The highest BCUT2D eigenvalue weighted by molar-refractivity contribution is 5.94. The van der Waals surface area contributed by atoms with Gasteiger partial charge in [0.15, 0.2) is 0 Å². The molecule has 1 aromatic carbocycles. The first kappa shape index (κ1) is 14.6. The zero-order chi connectivity index (χ0) is 13.5. The van der Waals surface area contributed by atoms with Crippen molar-refractivity contribution in [2.24, 2.45) is 5.73 Å². The molecule has 1 aromatic rings. The van der Waals surface area contributed by atoms with Crippen LogP contribution in [0.5, 0.6) is 0 Å². The Bertz CT molecular complexity index is 407. The predicted molar refractivity (Wildman–Crippen MR) is 71.0 cm³/mol. The number of hydrogen-bond acceptors (Lipinski definition) is 2. The first-order chi connectivity index (χ1) is 8.60. The van der Waals surface area contributed by atoms with Gasteiger partial charge in [-0.05, 0) is 50.1 Å². The molecule has 3 nitrogen and oxygen atoms in total. The minimum Gasteiger partial charge on any atom is -0.339 e. The highest BCUT2D eigenvalue weighted by Crippen LogP contribution is 2.12. The number of halogens is 1. The number of nitrogens with two attached hydrogens (primary N) is 1. The zero-order valence-electron chi connectivity index (χ0n) is 11.1. The SMILES string of the molecule is CCCN(CCCN)C(=O)c1ccc(F)c(C)c1. The van der Waals surface area contributed by atoms with Crippen molar-refractivity contribution in [2.45, 2.75) is 26.7 Å². The molecule has 0 atom stereocenters. The Morgan fingerprint density at radius 2 is 2.11 bits per heavy atom. The van der Waals surface area contributed by atoms with Gasteiger partial charge in [0, 0.05) is 18.7 Å². The molecule has 2 N–H and O–H groups in total. The van der Waals surface area contributed by atoms with E-state index in [-0.39, 0.29) is 11.7 Å². The van der Waals surface area contributed by atoms with Crippen molar-refractivity contribution in [1.82, 2.24) is 4.90 Å². The summed E-state index contributed by atoms with van der Waals surface area (Å²) in [7, 11) is 0. The molecule has 0 aliphatic rings. The summed E-state index contributed by atoms with van der Waals surface area (Å²) in [6.07, 6.45) is 1.68. The summed E-state index contributed by atoms with van der Waals surface area (Å²) in [6, 6.07) is 4.48. The van der Waals surface area contributed by atoms with Crippen molar-refractivity contribution in [3.63, 3.8) is 0 Å². The van der Waals surface area contributed by atoms with E-state index >= 15 is 0 Å². The van der Waals surface area contributed by atoms with Crippen LogP contribution < -0.4 is 5.73 Å². The van der Waals surface area contributed by atoms with Crippen LogP contribution in [-0.4, -0.2) is 30.4 Å². The van der Waals surface area contributed by atoms with E-state index in [9.17, 15) is 9.18 Å². The quantitative estimate of drug-likeness (QED) is 0.844. The van der Waals surface area contributed by atoms with E-state index in [1.54, 1.807) is 17.9 Å². The fourth-order valence-corrected chi connectivity index (χ4v) is 1.83. The lowest BCUT2D eigenvalue weighted by atomic mass is 10.1. The average molecular weight is 252 g/mol. The molecule has 1 rings (SSSR count). The fraction of sp³-hybridized carbons (Fsp3) is 0.500. The Labute approximate surface area is 108 Å². The molecule has 0 saturated carbocycles. The minimum absolute atomic E-state index is 0.0478. The monoisotopic (exact) mass is 252 g/mol. The lowest BCUT2D eigenvalue weighted by Crippen LogP contribution is -2.33. The molecule has 100 valence electrons. The maximum absolute atomic E-state index is 13.2. The van der Waals surface area contributed by atoms with Gasteiger partial charge in [-0.3, -0.25) is 4.79 Å². The van der Waals surface area contributed by atoms with Gasteiger partial charge in [0.2, 0.25) is 0 Å². The number of carbonyl (C=O) groups is 1. The smallest absolute Gasteiger partial charge is 0.253 e. The summed E-state index contributed by atoms with van der Waals surface area (Å²) in [5.41, 5.74) is 6.51. The molecular weight excluding hydrogens is 231 g/mol. The summed E-state index contributed by atoms with van der Waals surface area (Å²) < 4.78 is 13.2. The number of rotatable bonds is 6. The van der Waals surface area contributed by atoms with Crippen molar-refractivity contribution in [1.29, 1.82) is 0 Å². The molecular formula is C14H21FN2O. The Morgan fingerprint density at radius 3 is 2.67 bits per heavy atom. The Morgan fingerprint density at radius 1 is 1.39 bits per heavy atom. The zero-order valence-corrected chi connectivity index (χ0v) is 11.1. The number of hydrogen-bond donors (Lipinski definition) is 1. The molecule has 0 radical (unpaired) electrons. The molecule has 0 fully saturated rings. The van der Waals surface area contributed by atoms with E-state index in [1.807, 2.05) is 6.92 Å². The normalized spacial score (nSPS) is 10.4. The maximum Gasteiger partial charge on any atom is 0.253 e. The molecule has 0 spiro atoms. The van der Waals surface area contributed by atoms with Gasteiger partial charge in [-0.15, -0.1) is 0 Å². The number of carbonyl (C=O) groups excluding carboxylic acids is 1. The van der Waals surface area contributed by atoms with Gasteiger partial charge >= 0.3 is 0 Å². The summed E-state index contributed by atoms with van der Waals surface area (Å²) in [4.78, 5) is 14.0. The third-order valence-electron chi connectivity index (χ3n) is 2.82. The second kappa shape index (κ2) is 7.11. The number of benzene rings is 1. The summed E-state index contributed by atoms with van der Waals surface area (Å²) in [5, 5.41) is 0. The van der Waals surface area contributed by atoms with Crippen molar-refractivity contribution >= 4 is 5.91 Å². The summed E-state index contributed by atoms with van der Waals surface area (Å²) in [6.45, 7) is 5.61. The van der Waals surface area contributed by atoms with E-state index in [0.29, 0.717) is 30.8 Å². The number of aryl methyl sites for hydroxylation is 1. The van der Waals surface area contributed by atoms with Gasteiger partial charge in [-0.25, -0.2) is 4.39 Å². The largest absolute Gasteiger partial charge is 0.339 e. The van der Waals surface area contributed by atoms with Crippen LogP contribution in [0, 0.1) is 12.7 Å². The van der Waals surface area contributed by atoms with Gasteiger partial charge in [0.25, 0.3) is 5.91 Å². The second-order valence-corrected chi connectivity index (χ2v) is 4.40. The molecule has 0 aromatic heterocycles. The third-order valence-corrected chi connectivity index (χ3v) is 2.82. The highest BCUT2D eigenvalue weighted by Gasteiger charge is 2.15. The molecule has 18 heavy (non-hydrogen) atoms. The molecule has 0 bridgehead atoms. The molecule has 0 saturated heterocycles. The molecule has 0 heterocycles. The maximum atomic E-state index is 13.2. The molecule has 0 unspecified atom stereocenters. The fourth-order valence-electron chi connectivity index (χ4n) is 1.83. The van der Waals surface area contributed by atoms with Crippen LogP contribution in [0.3, 0.4) is 0 Å². The predicted octanol–water partition coefficient (Wildman–Crippen LogP) is 2.34. The molecule has 0 aliphatic heterocycles. The summed E-state index contributed by atoms with van der Waals surface area (Å²) >= 11 is 0. The first-order valence-electron chi connectivity index (χ1n) is 6.35. The van der Waals surface area contributed by atoms with Crippen LogP contribution in [0.25, 0.3) is 0 Å². The van der Waals surface area contributed by atoms with Gasteiger partial charge in [0.05, 0.1) is 0 Å². The van der Waals surface area contributed by atoms with Crippen LogP contribution in [0.2, 0.25) is 0 Å². The van der Waals surface area contributed by atoms with E-state index in [2.05, 4.69) is 0 Å².